The largest absolute Gasteiger partial charge is 0.494 e. The summed E-state index contributed by atoms with van der Waals surface area (Å²) in [5, 5.41) is 0. The number of allylic oxidation sites excluding steroid dienone is 1. The van der Waals surface area contributed by atoms with E-state index in [1.807, 2.05) is 13.8 Å². The van der Waals surface area contributed by atoms with Crippen LogP contribution < -0.4 is 0 Å². The molecule has 5 rings (SSSR count). The molecule has 0 radical (unpaired) electrons. The molecule has 5 nitrogen and oxygen atoms in total. The van der Waals surface area contributed by atoms with Gasteiger partial charge in [0.15, 0.2) is 0 Å². The molecule has 5 aliphatic rings. The highest BCUT2D eigenvalue weighted by molar-refractivity contribution is 5.69. The predicted octanol–water partition coefficient (Wildman–Crippen LogP) is 7.62. The predicted molar refractivity (Wildman–Crippen MR) is 148 cm³/mol. The van der Waals surface area contributed by atoms with Gasteiger partial charge in [0.05, 0.1) is 12.4 Å². The van der Waals surface area contributed by atoms with Crippen LogP contribution in [0, 0.1) is 46.3 Å². The number of ether oxygens (including phenoxy) is 3. The van der Waals surface area contributed by atoms with E-state index in [-0.39, 0.29) is 18.0 Å². The first-order valence-electron chi connectivity index (χ1n) is 15.8. The summed E-state index contributed by atoms with van der Waals surface area (Å²) in [7, 11) is 0. The standard InChI is InChI=1S/C33H52O5/c1-7-29(34)36-19-20(3)9-12-27-21(4)31-28(38-27)18-26-24-11-10-22-17-23(37-30(35)8-2)13-15-32(22,5)25(24)14-16-33(26,31)6/h20,22-26,28,31H,7-19H2,1-6H3/t20-,22+,23+,24-,25+,26+,28-,31-,32+,33+/m1/s1. The number of esters is 2. The van der Waals surface area contributed by atoms with Crippen molar-refractivity contribution in [3.05, 3.63) is 11.3 Å². The Hall–Kier alpha value is -1.52. The van der Waals surface area contributed by atoms with Gasteiger partial charge in [-0.1, -0.05) is 34.6 Å². The Balaban J connectivity index is 1.23. The fourth-order valence-corrected chi connectivity index (χ4v) is 9.98. The van der Waals surface area contributed by atoms with E-state index in [1.165, 1.54) is 49.9 Å². The zero-order valence-electron chi connectivity index (χ0n) is 24.9. The van der Waals surface area contributed by atoms with E-state index in [2.05, 4.69) is 27.7 Å². The molecule has 4 aliphatic carbocycles. The lowest BCUT2D eigenvalue weighted by Gasteiger charge is -2.61. The molecular weight excluding hydrogens is 476 g/mol. The molecule has 1 heterocycles. The van der Waals surface area contributed by atoms with Crippen molar-refractivity contribution in [2.24, 2.45) is 46.3 Å². The zero-order chi connectivity index (χ0) is 27.2. The third kappa shape index (κ3) is 4.83. The van der Waals surface area contributed by atoms with E-state index in [1.54, 1.807) is 0 Å². The van der Waals surface area contributed by atoms with Crippen LogP contribution in [0.2, 0.25) is 0 Å². The van der Waals surface area contributed by atoms with Gasteiger partial charge < -0.3 is 14.2 Å². The smallest absolute Gasteiger partial charge is 0.305 e. The summed E-state index contributed by atoms with van der Waals surface area (Å²) >= 11 is 0. The molecule has 38 heavy (non-hydrogen) atoms. The number of carbonyl (C=O) groups is 2. The number of fused-ring (bicyclic) bond motifs is 7. The van der Waals surface area contributed by atoms with Crippen LogP contribution in [0.1, 0.15) is 119 Å². The van der Waals surface area contributed by atoms with Gasteiger partial charge in [0.25, 0.3) is 0 Å². The third-order valence-electron chi connectivity index (χ3n) is 12.1. The van der Waals surface area contributed by atoms with Gasteiger partial charge in [0, 0.05) is 25.2 Å². The summed E-state index contributed by atoms with van der Waals surface area (Å²) in [4.78, 5) is 23.5. The molecule has 4 saturated carbocycles. The molecule has 1 aliphatic heterocycles. The second-order valence-corrected chi connectivity index (χ2v) is 14.1. The highest BCUT2D eigenvalue weighted by atomic mass is 16.5. The second-order valence-electron chi connectivity index (χ2n) is 14.1. The van der Waals surface area contributed by atoms with E-state index in [4.69, 9.17) is 14.2 Å². The minimum Gasteiger partial charge on any atom is -0.494 e. The van der Waals surface area contributed by atoms with Gasteiger partial charge in [-0.2, -0.15) is 0 Å². The van der Waals surface area contributed by atoms with Gasteiger partial charge in [0.1, 0.15) is 12.2 Å². The molecule has 0 unspecified atom stereocenters. The van der Waals surface area contributed by atoms with Gasteiger partial charge >= 0.3 is 11.9 Å². The van der Waals surface area contributed by atoms with E-state index in [9.17, 15) is 9.59 Å². The lowest BCUT2D eigenvalue weighted by molar-refractivity contribution is -0.161. The summed E-state index contributed by atoms with van der Waals surface area (Å²) in [6, 6.07) is 0. The van der Waals surface area contributed by atoms with E-state index < -0.39 is 0 Å². The molecule has 0 aromatic rings. The molecule has 4 fully saturated rings. The molecule has 0 aromatic carbocycles. The molecule has 0 saturated heterocycles. The van der Waals surface area contributed by atoms with E-state index in [0.717, 1.165) is 43.4 Å². The molecule has 0 spiro atoms. The maximum absolute atomic E-state index is 11.9. The maximum Gasteiger partial charge on any atom is 0.305 e. The van der Waals surface area contributed by atoms with Crippen LogP contribution in [0.15, 0.2) is 11.3 Å². The maximum atomic E-state index is 11.9. The highest BCUT2D eigenvalue weighted by Crippen LogP contribution is 2.69. The minimum absolute atomic E-state index is 0.0320. The molecule has 0 bridgehead atoms. The Morgan fingerprint density at radius 3 is 2.45 bits per heavy atom. The van der Waals surface area contributed by atoms with Crippen molar-refractivity contribution in [1.82, 2.24) is 0 Å². The molecule has 5 heteroatoms. The quantitative estimate of drug-likeness (QED) is 0.303. The van der Waals surface area contributed by atoms with Crippen molar-refractivity contribution in [3.8, 4) is 0 Å². The Morgan fingerprint density at radius 2 is 1.71 bits per heavy atom. The lowest BCUT2D eigenvalue weighted by Crippen LogP contribution is -2.54. The van der Waals surface area contributed by atoms with Crippen LogP contribution in [0.4, 0.5) is 0 Å². The monoisotopic (exact) mass is 528 g/mol. The molecule has 10 atom stereocenters. The summed E-state index contributed by atoms with van der Waals surface area (Å²) in [6.07, 6.45) is 13.2. The van der Waals surface area contributed by atoms with Crippen LogP contribution in [-0.2, 0) is 23.8 Å². The average molecular weight is 529 g/mol. The third-order valence-corrected chi connectivity index (χ3v) is 12.1. The summed E-state index contributed by atoms with van der Waals surface area (Å²) in [6.45, 7) is 13.9. The Kier molecular flexibility index (Phi) is 7.97. The van der Waals surface area contributed by atoms with Crippen molar-refractivity contribution in [2.45, 2.75) is 131 Å². The van der Waals surface area contributed by atoms with Gasteiger partial charge in [-0.05, 0) is 111 Å². The van der Waals surface area contributed by atoms with Crippen LogP contribution >= 0.6 is 0 Å². The van der Waals surface area contributed by atoms with Gasteiger partial charge in [0.2, 0.25) is 0 Å². The molecule has 0 amide bonds. The highest BCUT2D eigenvalue weighted by Gasteiger charge is 2.64. The van der Waals surface area contributed by atoms with E-state index >= 15 is 0 Å². The Morgan fingerprint density at radius 1 is 0.974 bits per heavy atom. The van der Waals surface area contributed by atoms with Gasteiger partial charge in [-0.25, -0.2) is 0 Å². The molecular formula is C33H52O5. The van der Waals surface area contributed by atoms with Crippen molar-refractivity contribution in [1.29, 1.82) is 0 Å². The first-order valence-corrected chi connectivity index (χ1v) is 15.8. The first kappa shape index (κ1) is 28.0. The SMILES string of the molecule is CCC(=O)OC[C@H](C)CCC1=C(C)[C@@H]2[C@@H](C[C@H]3[C@@H]4CC[C@H]5C[C@@H](OC(=O)CC)CC[C@]5(C)[C@H]4CC[C@]23C)O1. The average Bonchev–Trinajstić information content (AvgIpc) is 3.38. The first-order chi connectivity index (χ1) is 18.1. The topological polar surface area (TPSA) is 61.8 Å². The molecule has 0 N–H and O–H groups in total. The van der Waals surface area contributed by atoms with Crippen molar-refractivity contribution < 1.29 is 23.8 Å². The van der Waals surface area contributed by atoms with Crippen LogP contribution in [0.5, 0.6) is 0 Å². The second kappa shape index (κ2) is 10.8. The minimum atomic E-state index is -0.107. The van der Waals surface area contributed by atoms with Crippen molar-refractivity contribution in [3.63, 3.8) is 0 Å². The van der Waals surface area contributed by atoms with E-state index in [0.29, 0.717) is 54.1 Å². The van der Waals surface area contributed by atoms with Gasteiger partial charge in [-0.3, -0.25) is 9.59 Å². The van der Waals surface area contributed by atoms with Crippen molar-refractivity contribution >= 4 is 11.9 Å². The lowest BCUT2D eigenvalue weighted by atomic mass is 9.44. The Bertz CT molecular complexity index is 940. The fraction of sp³-hybridized carbons (Fsp3) is 0.879. The normalized spacial score (nSPS) is 42.3. The zero-order valence-corrected chi connectivity index (χ0v) is 24.9. The number of carbonyl (C=O) groups excluding carboxylic acids is 2. The number of hydrogen-bond acceptors (Lipinski definition) is 5. The summed E-state index contributed by atoms with van der Waals surface area (Å²) in [5.41, 5.74) is 2.25. The summed E-state index contributed by atoms with van der Waals surface area (Å²) in [5.74, 6) is 5.07. The Labute approximate surface area is 230 Å². The van der Waals surface area contributed by atoms with Crippen LogP contribution in [0.3, 0.4) is 0 Å². The van der Waals surface area contributed by atoms with Crippen molar-refractivity contribution in [2.75, 3.05) is 6.61 Å². The molecule has 0 aromatic heterocycles. The number of hydrogen-bond donors (Lipinski definition) is 0. The van der Waals surface area contributed by atoms with Crippen LogP contribution in [0.25, 0.3) is 0 Å². The fourth-order valence-electron chi connectivity index (χ4n) is 9.98. The summed E-state index contributed by atoms with van der Waals surface area (Å²) < 4.78 is 17.9. The number of rotatable bonds is 8. The van der Waals surface area contributed by atoms with Gasteiger partial charge in [-0.15, -0.1) is 0 Å². The van der Waals surface area contributed by atoms with Crippen LogP contribution in [-0.4, -0.2) is 30.8 Å². The molecule has 214 valence electrons.